The molecule has 2 nitrogen and oxygen atoms in total. The monoisotopic (exact) mass is 230 g/mol. The molecule has 0 aliphatic heterocycles. The van der Waals surface area contributed by atoms with E-state index in [0.29, 0.717) is 4.47 Å². The number of thiophene rings is 1. The van der Waals surface area contributed by atoms with E-state index in [4.69, 9.17) is 11.6 Å². The summed E-state index contributed by atoms with van der Waals surface area (Å²) in [7, 11) is 0. The van der Waals surface area contributed by atoms with Crippen LogP contribution >= 0.6 is 34.3 Å². The van der Waals surface area contributed by atoms with Crippen molar-refractivity contribution in [2.75, 3.05) is 0 Å². The third kappa shape index (κ3) is 1.90. The van der Waals surface area contributed by atoms with Crippen LogP contribution in [0.2, 0.25) is 4.47 Å². The fourth-order valence-electron chi connectivity index (χ4n) is 0.988. The van der Waals surface area contributed by atoms with Crippen LogP contribution in [0.1, 0.15) is 11.8 Å². The topological polar surface area (TPSA) is 25.8 Å². The number of aryl methyl sites for hydroxylation is 1. The molecule has 0 atom stereocenters. The SMILES string of the molecule is CCc1ccc(-c2nnc(Cl)s2)s1. The van der Waals surface area contributed by atoms with Gasteiger partial charge in [-0.05, 0) is 30.2 Å². The van der Waals surface area contributed by atoms with Gasteiger partial charge >= 0.3 is 0 Å². The van der Waals surface area contributed by atoms with E-state index in [-0.39, 0.29) is 0 Å². The minimum absolute atomic E-state index is 0.501. The lowest BCUT2D eigenvalue weighted by molar-refractivity contribution is 1.10. The molecule has 2 heterocycles. The van der Waals surface area contributed by atoms with E-state index in [1.165, 1.54) is 16.2 Å². The van der Waals surface area contributed by atoms with Crippen molar-refractivity contribution in [3.05, 3.63) is 21.5 Å². The lowest BCUT2D eigenvalue weighted by Crippen LogP contribution is -1.69. The van der Waals surface area contributed by atoms with Crippen molar-refractivity contribution in [1.82, 2.24) is 10.2 Å². The average molecular weight is 231 g/mol. The van der Waals surface area contributed by atoms with Crippen LogP contribution in [0.15, 0.2) is 12.1 Å². The third-order valence-electron chi connectivity index (χ3n) is 1.62. The zero-order chi connectivity index (χ0) is 9.26. The zero-order valence-corrected chi connectivity index (χ0v) is 9.34. The summed E-state index contributed by atoms with van der Waals surface area (Å²) in [5.41, 5.74) is 0. The van der Waals surface area contributed by atoms with Gasteiger partial charge in [0.1, 0.15) is 0 Å². The number of nitrogens with zero attached hydrogens (tertiary/aromatic N) is 2. The van der Waals surface area contributed by atoms with Crippen LogP contribution in [0.5, 0.6) is 0 Å². The van der Waals surface area contributed by atoms with Crippen molar-refractivity contribution in [3.63, 3.8) is 0 Å². The Kier molecular flexibility index (Phi) is 2.62. The van der Waals surface area contributed by atoms with Gasteiger partial charge in [0.25, 0.3) is 0 Å². The second kappa shape index (κ2) is 3.74. The summed E-state index contributed by atoms with van der Waals surface area (Å²) < 4.78 is 0.501. The minimum atomic E-state index is 0.501. The molecule has 0 N–H and O–H groups in total. The Morgan fingerprint density at radius 2 is 2.15 bits per heavy atom. The van der Waals surface area contributed by atoms with Crippen LogP contribution in [-0.4, -0.2) is 10.2 Å². The molecule has 2 aromatic heterocycles. The summed E-state index contributed by atoms with van der Waals surface area (Å²) in [5.74, 6) is 0. The fraction of sp³-hybridized carbons (Fsp3) is 0.250. The van der Waals surface area contributed by atoms with Gasteiger partial charge in [-0.3, -0.25) is 0 Å². The van der Waals surface area contributed by atoms with E-state index < -0.39 is 0 Å². The smallest absolute Gasteiger partial charge is 0.138 e. The molecule has 0 saturated heterocycles. The van der Waals surface area contributed by atoms with E-state index in [9.17, 15) is 0 Å². The van der Waals surface area contributed by atoms with Crippen molar-refractivity contribution in [3.8, 4) is 9.88 Å². The van der Waals surface area contributed by atoms with Crippen molar-refractivity contribution < 1.29 is 0 Å². The molecule has 5 heteroatoms. The molecule has 0 radical (unpaired) electrons. The summed E-state index contributed by atoms with van der Waals surface area (Å²) in [6.45, 7) is 2.14. The van der Waals surface area contributed by atoms with Gasteiger partial charge in [0, 0.05) is 4.88 Å². The van der Waals surface area contributed by atoms with Gasteiger partial charge in [-0.25, -0.2) is 0 Å². The first-order chi connectivity index (χ1) is 6.29. The van der Waals surface area contributed by atoms with Gasteiger partial charge in [-0.15, -0.1) is 21.5 Å². The van der Waals surface area contributed by atoms with Crippen molar-refractivity contribution in [1.29, 1.82) is 0 Å². The van der Waals surface area contributed by atoms with Crippen molar-refractivity contribution >= 4 is 34.3 Å². The van der Waals surface area contributed by atoms with Gasteiger partial charge in [0.2, 0.25) is 4.47 Å². The Morgan fingerprint density at radius 3 is 2.69 bits per heavy atom. The van der Waals surface area contributed by atoms with Crippen LogP contribution in [0.3, 0.4) is 0 Å². The number of hydrogen-bond donors (Lipinski definition) is 0. The van der Waals surface area contributed by atoms with Crippen LogP contribution in [0.4, 0.5) is 0 Å². The maximum absolute atomic E-state index is 5.70. The molecule has 13 heavy (non-hydrogen) atoms. The van der Waals surface area contributed by atoms with Crippen LogP contribution in [-0.2, 0) is 6.42 Å². The molecule has 0 fully saturated rings. The second-order valence-electron chi connectivity index (χ2n) is 2.48. The van der Waals surface area contributed by atoms with E-state index in [1.54, 1.807) is 11.3 Å². The zero-order valence-electron chi connectivity index (χ0n) is 6.95. The number of hydrogen-bond acceptors (Lipinski definition) is 4. The quantitative estimate of drug-likeness (QED) is 0.790. The number of aromatic nitrogens is 2. The maximum Gasteiger partial charge on any atom is 0.207 e. The number of rotatable bonds is 2. The van der Waals surface area contributed by atoms with Gasteiger partial charge in [-0.2, -0.15) is 0 Å². The Balaban J connectivity index is 2.35. The summed E-state index contributed by atoms with van der Waals surface area (Å²) in [6, 6.07) is 4.19. The molecule has 2 rings (SSSR count). The summed E-state index contributed by atoms with van der Waals surface area (Å²) in [6.07, 6.45) is 1.07. The molecule has 0 bridgehead atoms. The highest BCUT2D eigenvalue weighted by Crippen LogP contribution is 2.31. The van der Waals surface area contributed by atoms with Gasteiger partial charge < -0.3 is 0 Å². The first-order valence-electron chi connectivity index (χ1n) is 3.87. The maximum atomic E-state index is 5.70. The summed E-state index contributed by atoms with van der Waals surface area (Å²) in [4.78, 5) is 2.52. The largest absolute Gasteiger partial charge is 0.207 e. The Morgan fingerprint density at radius 1 is 1.31 bits per heavy atom. The molecule has 0 unspecified atom stereocenters. The molecular formula is C8H7ClN2S2. The molecule has 2 aromatic rings. The van der Waals surface area contributed by atoms with E-state index in [1.807, 2.05) is 0 Å². The molecule has 0 aliphatic carbocycles. The lowest BCUT2D eigenvalue weighted by atomic mass is 10.4. The highest BCUT2D eigenvalue weighted by Gasteiger charge is 2.07. The van der Waals surface area contributed by atoms with Gasteiger partial charge in [-0.1, -0.05) is 18.3 Å². The Hall–Kier alpha value is -0.450. The van der Waals surface area contributed by atoms with E-state index in [2.05, 4.69) is 29.3 Å². The molecule has 0 saturated carbocycles. The molecule has 0 aromatic carbocycles. The van der Waals surface area contributed by atoms with Gasteiger partial charge in [0.15, 0.2) is 5.01 Å². The summed E-state index contributed by atoms with van der Waals surface area (Å²) >= 11 is 8.87. The minimum Gasteiger partial charge on any atom is -0.138 e. The fourth-order valence-corrected chi connectivity index (χ4v) is 2.81. The first-order valence-corrected chi connectivity index (χ1v) is 5.88. The van der Waals surface area contributed by atoms with Crippen molar-refractivity contribution in [2.24, 2.45) is 0 Å². The second-order valence-corrected chi connectivity index (χ2v) is 5.21. The number of halogens is 1. The predicted molar refractivity (Wildman–Crippen MR) is 57.6 cm³/mol. The lowest BCUT2D eigenvalue weighted by Gasteiger charge is -1.85. The van der Waals surface area contributed by atoms with Gasteiger partial charge in [0.05, 0.1) is 4.88 Å². The molecule has 0 amide bonds. The predicted octanol–water partition coefficient (Wildman–Crippen LogP) is 3.48. The van der Waals surface area contributed by atoms with Crippen LogP contribution in [0.25, 0.3) is 9.88 Å². The standard InChI is InChI=1S/C8H7ClN2S2/c1-2-5-3-4-6(12-5)7-10-11-8(9)13-7/h3-4H,2H2,1H3. The van der Waals surface area contributed by atoms with E-state index >= 15 is 0 Å². The highest BCUT2D eigenvalue weighted by molar-refractivity contribution is 7.23. The molecule has 68 valence electrons. The van der Waals surface area contributed by atoms with Crippen molar-refractivity contribution in [2.45, 2.75) is 13.3 Å². The normalized spacial score (nSPS) is 10.6. The Bertz CT molecular complexity index is 408. The van der Waals surface area contributed by atoms with Crippen LogP contribution in [0, 0.1) is 0 Å². The summed E-state index contributed by atoms with van der Waals surface area (Å²) in [5, 5.41) is 8.66. The highest BCUT2D eigenvalue weighted by atomic mass is 35.5. The molecule has 0 spiro atoms. The first kappa shape index (κ1) is 9.12. The third-order valence-corrected chi connectivity index (χ3v) is 4.04. The average Bonchev–Trinajstić information content (AvgIpc) is 2.71. The van der Waals surface area contributed by atoms with E-state index in [0.717, 1.165) is 16.3 Å². The molecule has 0 aliphatic rings. The Labute approximate surface area is 89.2 Å². The molecular weight excluding hydrogens is 224 g/mol. The van der Waals surface area contributed by atoms with Crippen LogP contribution < -0.4 is 0 Å².